The van der Waals surface area contributed by atoms with Crippen LogP contribution in [0.15, 0.2) is 54.6 Å². The maximum absolute atomic E-state index is 12.9. The molecule has 2 aromatic rings. The predicted molar refractivity (Wildman–Crippen MR) is 118 cm³/mol. The van der Waals surface area contributed by atoms with Crippen LogP contribution in [0.3, 0.4) is 0 Å². The van der Waals surface area contributed by atoms with Gasteiger partial charge in [-0.05, 0) is 50.3 Å². The molecule has 1 fully saturated rings. The average molecular weight is 409 g/mol. The zero-order valence-electron chi connectivity index (χ0n) is 18.1. The number of ether oxygens (including phenoxy) is 1. The summed E-state index contributed by atoms with van der Waals surface area (Å²) in [6.07, 6.45) is 1.38. The van der Waals surface area contributed by atoms with Gasteiger partial charge in [0.2, 0.25) is 5.91 Å². The number of amides is 1. The first-order valence-corrected chi connectivity index (χ1v) is 10.8. The van der Waals surface area contributed by atoms with Gasteiger partial charge in [0.15, 0.2) is 0 Å². The van der Waals surface area contributed by atoms with Crippen molar-refractivity contribution in [3.05, 3.63) is 71.3 Å². The summed E-state index contributed by atoms with van der Waals surface area (Å²) in [4.78, 5) is 27.7. The highest BCUT2D eigenvalue weighted by atomic mass is 16.5. The van der Waals surface area contributed by atoms with Crippen molar-refractivity contribution in [3.63, 3.8) is 0 Å². The molecule has 0 saturated carbocycles. The molecule has 30 heavy (non-hydrogen) atoms. The van der Waals surface area contributed by atoms with Crippen molar-refractivity contribution >= 4 is 11.9 Å². The number of hydrogen-bond donors (Lipinski definition) is 1. The number of rotatable bonds is 7. The lowest BCUT2D eigenvalue weighted by Crippen LogP contribution is -2.53. The zero-order valence-corrected chi connectivity index (χ0v) is 18.1. The second kappa shape index (κ2) is 10.4. The van der Waals surface area contributed by atoms with Gasteiger partial charge >= 0.3 is 5.97 Å². The summed E-state index contributed by atoms with van der Waals surface area (Å²) in [7, 11) is 0. The minimum Gasteiger partial charge on any atom is -0.465 e. The van der Waals surface area contributed by atoms with E-state index in [1.807, 2.05) is 63.2 Å². The van der Waals surface area contributed by atoms with Crippen LogP contribution in [0.5, 0.6) is 0 Å². The van der Waals surface area contributed by atoms with Crippen LogP contribution in [0, 0.1) is 6.92 Å². The number of aryl methyl sites for hydroxylation is 1. The quantitative estimate of drug-likeness (QED) is 0.708. The van der Waals surface area contributed by atoms with Crippen LogP contribution in [0.1, 0.15) is 49.3 Å². The van der Waals surface area contributed by atoms with Gasteiger partial charge in [-0.25, -0.2) is 0 Å². The molecule has 5 heteroatoms. The van der Waals surface area contributed by atoms with Gasteiger partial charge < -0.3 is 10.1 Å². The standard InChI is InChI=1S/C25H32N2O3/c1-4-30-25(29)23-16-21(14-15-27(23)17-20-11-6-5-7-12-20)26-24(28)19(3)22-13-9-8-10-18(22)2/h5-13,19,21,23H,4,14-17H2,1-3H3,(H,26,28). The van der Waals surface area contributed by atoms with Crippen LogP contribution in [0.4, 0.5) is 0 Å². The van der Waals surface area contributed by atoms with E-state index >= 15 is 0 Å². The molecule has 1 aliphatic rings. The Balaban J connectivity index is 1.66. The van der Waals surface area contributed by atoms with Gasteiger partial charge in [0.1, 0.15) is 6.04 Å². The van der Waals surface area contributed by atoms with Crippen LogP contribution in [0.2, 0.25) is 0 Å². The minimum atomic E-state index is -0.349. The van der Waals surface area contributed by atoms with Gasteiger partial charge in [0.05, 0.1) is 12.5 Å². The van der Waals surface area contributed by atoms with E-state index in [1.165, 1.54) is 5.56 Å². The van der Waals surface area contributed by atoms with Crippen molar-refractivity contribution in [2.45, 2.75) is 58.2 Å². The summed E-state index contributed by atoms with van der Waals surface area (Å²) in [6.45, 7) is 7.58. The Labute approximate surface area is 179 Å². The molecule has 0 spiro atoms. The molecule has 5 nitrogen and oxygen atoms in total. The van der Waals surface area contributed by atoms with Crippen molar-refractivity contribution < 1.29 is 14.3 Å². The number of hydrogen-bond acceptors (Lipinski definition) is 4. The lowest BCUT2D eigenvalue weighted by atomic mass is 9.93. The molecule has 1 saturated heterocycles. The molecule has 3 unspecified atom stereocenters. The lowest BCUT2D eigenvalue weighted by molar-refractivity contribution is -0.152. The molecule has 1 amide bonds. The van der Waals surface area contributed by atoms with Crippen molar-refractivity contribution in [3.8, 4) is 0 Å². The summed E-state index contributed by atoms with van der Waals surface area (Å²) in [6, 6.07) is 17.7. The van der Waals surface area contributed by atoms with E-state index in [1.54, 1.807) is 0 Å². The van der Waals surface area contributed by atoms with E-state index in [9.17, 15) is 9.59 Å². The van der Waals surface area contributed by atoms with Crippen LogP contribution < -0.4 is 5.32 Å². The molecule has 3 atom stereocenters. The van der Waals surface area contributed by atoms with E-state index in [4.69, 9.17) is 4.74 Å². The second-order valence-corrected chi connectivity index (χ2v) is 8.03. The highest BCUT2D eigenvalue weighted by Gasteiger charge is 2.35. The maximum atomic E-state index is 12.9. The Bertz CT molecular complexity index is 852. The Morgan fingerprint density at radius 2 is 1.83 bits per heavy atom. The van der Waals surface area contributed by atoms with Gasteiger partial charge in [-0.3, -0.25) is 14.5 Å². The van der Waals surface area contributed by atoms with E-state index in [0.717, 1.165) is 24.1 Å². The van der Waals surface area contributed by atoms with Gasteiger partial charge in [-0.2, -0.15) is 0 Å². The average Bonchev–Trinajstić information content (AvgIpc) is 2.75. The molecule has 1 N–H and O–H groups in total. The van der Waals surface area contributed by atoms with E-state index in [-0.39, 0.29) is 29.9 Å². The molecule has 0 aliphatic carbocycles. The molecule has 0 bridgehead atoms. The number of likely N-dealkylation sites (tertiary alicyclic amines) is 1. The van der Waals surface area contributed by atoms with Crippen molar-refractivity contribution in [2.24, 2.45) is 0 Å². The third kappa shape index (κ3) is 5.48. The highest BCUT2D eigenvalue weighted by Crippen LogP contribution is 2.24. The number of carbonyl (C=O) groups is 2. The Morgan fingerprint density at radius 3 is 2.53 bits per heavy atom. The molecule has 1 aliphatic heterocycles. The summed E-state index contributed by atoms with van der Waals surface area (Å²) in [5, 5.41) is 3.18. The van der Waals surface area contributed by atoms with Gasteiger partial charge in [-0.1, -0.05) is 54.6 Å². The molecule has 0 aromatic heterocycles. The molecule has 3 rings (SSSR count). The first-order valence-electron chi connectivity index (χ1n) is 10.8. The van der Waals surface area contributed by atoms with E-state index < -0.39 is 0 Å². The Hall–Kier alpha value is -2.66. The monoisotopic (exact) mass is 408 g/mol. The first kappa shape index (κ1) is 22.0. The molecular weight excluding hydrogens is 376 g/mol. The number of nitrogens with zero attached hydrogens (tertiary/aromatic N) is 1. The normalized spacial score (nSPS) is 20.4. The van der Waals surface area contributed by atoms with Crippen molar-refractivity contribution in [1.29, 1.82) is 0 Å². The molecular formula is C25H32N2O3. The van der Waals surface area contributed by atoms with Crippen LogP contribution in [-0.2, 0) is 20.9 Å². The smallest absolute Gasteiger partial charge is 0.323 e. The van der Waals surface area contributed by atoms with Gasteiger partial charge in [0, 0.05) is 19.1 Å². The van der Waals surface area contributed by atoms with E-state index in [0.29, 0.717) is 19.6 Å². The number of piperidine rings is 1. The summed E-state index contributed by atoms with van der Waals surface area (Å²) in [5.41, 5.74) is 3.32. The second-order valence-electron chi connectivity index (χ2n) is 8.03. The first-order chi connectivity index (χ1) is 14.5. The molecule has 2 aromatic carbocycles. The fourth-order valence-corrected chi connectivity index (χ4v) is 4.18. The summed E-state index contributed by atoms with van der Waals surface area (Å²) in [5.74, 6) is -0.428. The lowest BCUT2D eigenvalue weighted by Gasteiger charge is -2.38. The van der Waals surface area contributed by atoms with Crippen molar-refractivity contribution in [2.75, 3.05) is 13.2 Å². The number of carbonyl (C=O) groups excluding carboxylic acids is 2. The fraction of sp³-hybridized carbons (Fsp3) is 0.440. The Morgan fingerprint density at radius 1 is 1.13 bits per heavy atom. The number of benzene rings is 2. The van der Waals surface area contributed by atoms with Crippen LogP contribution in [-0.4, -0.2) is 42.0 Å². The van der Waals surface area contributed by atoms with E-state index in [2.05, 4.69) is 22.3 Å². The molecule has 0 radical (unpaired) electrons. The number of esters is 1. The topological polar surface area (TPSA) is 58.6 Å². The van der Waals surface area contributed by atoms with Crippen LogP contribution in [0.25, 0.3) is 0 Å². The largest absolute Gasteiger partial charge is 0.465 e. The summed E-state index contributed by atoms with van der Waals surface area (Å²) >= 11 is 0. The summed E-state index contributed by atoms with van der Waals surface area (Å²) < 4.78 is 5.34. The third-order valence-corrected chi connectivity index (χ3v) is 5.90. The van der Waals surface area contributed by atoms with Gasteiger partial charge in [-0.15, -0.1) is 0 Å². The van der Waals surface area contributed by atoms with Crippen molar-refractivity contribution in [1.82, 2.24) is 10.2 Å². The predicted octanol–water partition coefficient (Wildman–Crippen LogP) is 3.81. The number of nitrogens with one attached hydrogen (secondary N) is 1. The Kier molecular flexibility index (Phi) is 7.63. The maximum Gasteiger partial charge on any atom is 0.323 e. The van der Waals surface area contributed by atoms with Gasteiger partial charge in [0.25, 0.3) is 0 Å². The highest BCUT2D eigenvalue weighted by molar-refractivity contribution is 5.84. The fourth-order valence-electron chi connectivity index (χ4n) is 4.18. The minimum absolute atomic E-state index is 0.00779. The van der Waals surface area contributed by atoms with Crippen LogP contribution >= 0.6 is 0 Å². The molecule has 1 heterocycles. The molecule has 160 valence electrons. The third-order valence-electron chi connectivity index (χ3n) is 5.90. The SMILES string of the molecule is CCOC(=O)C1CC(NC(=O)C(C)c2ccccc2C)CCN1Cc1ccccc1. The zero-order chi connectivity index (χ0) is 21.5.